The van der Waals surface area contributed by atoms with Crippen molar-refractivity contribution in [1.82, 2.24) is 15.1 Å². The van der Waals surface area contributed by atoms with Crippen LogP contribution in [0.2, 0.25) is 0 Å². The molecule has 1 aromatic rings. The van der Waals surface area contributed by atoms with Gasteiger partial charge in [0.05, 0.1) is 12.8 Å². The van der Waals surface area contributed by atoms with Crippen LogP contribution in [0.25, 0.3) is 0 Å². The summed E-state index contributed by atoms with van der Waals surface area (Å²) in [5.41, 5.74) is 1.16. The van der Waals surface area contributed by atoms with Crippen LogP contribution in [0.5, 0.6) is 0 Å². The molecule has 0 radical (unpaired) electrons. The predicted molar refractivity (Wildman–Crippen MR) is 56.1 cm³/mol. The molecule has 0 aliphatic heterocycles. The van der Waals surface area contributed by atoms with Gasteiger partial charge in [0, 0.05) is 30.4 Å². The Labute approximate surface area is 84.9 Å². The number of aromatic nitrogens is 2. The molecule has 1 atom stereocenters. The Morgan fingerprint density at radius 3 is 2.71 bits per heavy atom. The fourth-order valence-corrected chi connectivity index (χ4v) is 1.26. The summed E-state index contributed by atoms with van der Waals surface area (Å²) in [6.07, 6.45) is 3.91. The molecule has 0 aliphatic rings. The summed E-state index contributed by atoms with van der Waals surface area (Å²) >= 11 is 0. The van der Waals surface area contributed by atoms with E-state index < -0.39 is 0 Å². The summed E-state index contributed by atoms with van der Waals surface area (Å²) in [5.74, 6) is 0. The normalized spacial score (nSPS) is 13.5. The average Bonchev–Trinajstić information content (AvgIpc) is 2.62. The highest BCUT2D eigenvalue weighted by atomic mass is 16.3. The quantitative estimate of drug-likeness (QED) is 0.743. The van der Waals surface area contributed by atoms with Crippen LogP contribution in [0, 0.1) is 0 Å². The van der Waals surface area contributed by atoms with Gasteiger partial charge in [-0.25, -0.2) is 0 Å². The molecular formula is C10H19N3O. The molecule has 4 nitrogen and oxygen atoms in total. The van der Waals surface area contributed by atoms with Crippen molar-refractivity contribution < 1.29 is 5.11 Å². The summed E-state index contributed by atoms with van der Waals surface area (Å²) in [6, 6.07) is 0.642. The zero-order valence-electron chi connectivity index (χ0n) is 9.07. The van der Waals surface area contributed by atoms with E-state index >= 15 is 0 Å². The van der Waals surface area contributed by atoms with Crippen LogP contribution in [0.4, 0.5) is 0 Å². The Morgan fingerprint density at radius 1 is 1.50 bits per heavy atom. The second-order valence-corrected chi connectivity index (χ2v) is 3.75. The number of nitrogens with one attached hydrogen (secondary N) is 1. The molecule has 0 aromatic carbocycles. The van der Waals surface area contributed by atoms with Gasteiger partial charge in [-0.1, -0.05) is 0 Å². The van der Waals surface area contributed by atoms with Crippen LogP contribution in [-0.2, 0) is 0 Å². The van der Waals surface area contributed by atoms with Gasteiger partial charge in [-0.3, -0.25) is 4.68 Å². The lowest BCUT2D eigenvalue weighted by Gasteiger charge is -2.10. The Balaban J connectivity index is 2.57. The minimum Gasteiger partial charge on any atom is -0.395 e. The number of nitrogens with zero attached hydrogens (tertiary/aromatic N) is 2. The highest BCUT2D eigenvalue weighted by Gasteiger charge is 2.07. The molecule has 0 aliphatic carbocycles. The molecule has 14 heavy (non-hydrogen) atoms. The van der Waals surface area contributed by atoms with Crippen LogP contribution in [-0.4, -0.2) is 28.0 Å². The van der Waals surface area contributed by atoms with Crippen molar-refractivity contribution in [2.75, 3.05) is 13.2 Å². The monoisotopic (exact) mass is 197 g/mol. The third kappa shape index (κ3) is 2.82. The lowest BCUT2D eigenvalue weighted by Crippen LogP contribution is -2.21. The molecule has 0 saturated heterocycles. The van der Waals surface area contributed by atoms with E-state index in [-0.39, 0.29) is 12.6 Å². The van der Waals surface area contributed by atoms with E-state index in [0.717, 1.165) is 5.56 Å². The van der Waals surface area contributed by atoms with Gasteiger partial charge in [0.15, 0.2) is 0 Å². The van der Waals surface area contributed by atoms with E-state index in [4.69, 9.17) is 5.11 Å². The van der Waals surface area contributed by atoms with Gasteiger partial charge in [-0.2, -0.15) is 5.10 Å². The van der Waals surface area contributed by atoms with Crippen molar-refractivity contribution in [3.63, 3.8) is 0 Å². The highest BCUT2D eigenvalue weighted by Crippen LogP contribution is 2.12. The highest BCUT2D eigenvalue weighted by molar-refractivity contribution is 5.09. The predicted octanol–water partition coefficient (Wildman–Crippen LogP) is 1.11. The molecule has 0 bridgehead atoms. The minimum atomic E-state index is 0.169. The van der Waals surface area contributed by atoms with Gasteiger partial charge >= 0.3 is 0 Å². The molecule has 0 amide bonds. The Hall–Kier alpha value is -0.870. The van der Waals surface area contributed by atoms with E-state index in [0.29, 0.717) is 12.6 Å². The van der Waals surface area contributed by atoms with E-state index in [1.807, 2.05) is 17.1 Å². The lowest BCUT2D eigenvalue weighted by molar-refractivity contribution is 0.286. The summed E-state index contributed by atoms with van der Waals surface area (Å²) in [6.45, 7) is 7.05. The molecule has 1 rings (SSSR count). The summed E-state index contributed by atoms with van der Waals surface area (Å²) in [4.78, 5) is 0. The van der Waals surface area contributed by atoms with Crippen LogP contribution >= 0.6 is 0 Å². The summed E-state index contributed by atoms with van der Waals surface area (Å²) in [5, 5.41) is 16.1. The Bertz CT molecular complexity index is 270. The van der Waals surface area contributed by atoms with Crippen molar-refractivity contribution in [2.24, 2.45) is 0 Å². The van der Waals surface area contributed by atoms with Gasteiger partial charge in [0.2, 0.25) is 0 Å². The first-order chi connectivity index (χ1) is 6.65. The van der Waals surface area contributed by atoms with Gasteiger partial charge in [-0.05, 0) is 20.8 Å². The molecule has 4 heteroatoms. The molecule has 0 saturated carbocycles. The van der Waals surface area contributed by atoms with Gasteiger partial charge < -0.3 is 10.4 Å². The maximum absolute atomic E-state index is 8.67. The first-order valence-corrected chi connectivity index (χ1v) is 5.03. The topological polar surface area (TPSA) is 50.1 Å². The zero-order valence-corrected chi connectivity index (χ0v) is 9.07. The van der Waals surface area contributed by atoms with E-state index in [1.54, 1.807) is 0 Å². The molecule has 0 fully saturated rings. The Morgan fingerprint density at radius 2 is 2.21 bits per heavy atom. The van der Waals surface area contributed by atoms with Crippen LogP contribution < -0.4 is 5.32 Å². The first-order valence-electron chi connectivity index (χ1n) is 5.03. The second kappa shape index (κ2) is 5.12. The van der Waals surface area contributed by atoms with Crippen molar-refractivity contribution >= 4 is 0 Å². The number of hydrogen-bond donors (Lipinski definition) is 2. The molecule has 80 valence electrons. The third-order valence-electron chi connectivity index (χ3n) is 2.21. The van der Waals surface area contributed by atoms with Gasteiger partial charge in [0.25, 0.3) is 0 Å². The Kier molecular flexibility index (Phi) is 4.10. The second-order valence-electron chi connectivity index (χ2n) is 3.75. The maximum atomic E-state index is 8.67. The van der Waals surface area contributed by atoms with Crippen molar-refractivity contribution in [3.8, 4) is 0 Å². The number of aliphatic hydroxyl groups is 1. The smallest absolute Gasteiger partial charge is 0.0556 e. The molecule has 1 aromatic heterocycles. The largest absolute Gasteiger partial charge is 0.395 e. The van der Waals surface area contributed by atoms with Crippen LogP contribution in [0.15, 0.2) is 12.4 Å². The average molecular weight is 197 g/mol. The van der Waals surface area contributed by atoms with Crippen LogP contribution in [0.1, 0.15) is 38.4 Å². The minimum absolute atomic E-state index is 0.169. The number of aliphatic hydroxyl groups excluding tert-OH is 1. The summed E-state index contributed by atoms with van der Waals surface area (Å²) in [7, 11) is 0. The van der Waals surface area contributed by atoms with E-state index in [2.05, 4.69) is 31.2 Å². The molecule has 1 unspecified atom stereocenters. The number of rotatable bonds is 5. The fraction of sp³-hybridized carbons (Fsp3) is 0.700. The van der Waals surface area contributed by atoms with Crippen molar-refractivity contribution in [2.45, 2.75) is 32.9 Å². The van der Waals surface area contributed by atoms with Gasteiger partial charge in [-0.15, -0.1) is 0 Å². The SMILES string of the molecule is CC(NCCO)c1cnn(C(C)C)c1. The van der Waals surface area contributed by atoms with Gasteiger partial charge in [0.1, 0.15) is 0 Å². The molecule has 1 heterocycles. The molecule has 0 spiro atoms. The molecule has 2 N–H and O–H groups in total. The lowest BCUT2D eigenvalue weighted by atomic mass is 10.2. The number of hydrogen-bond acceptors (Lipinski definition) is 3. The standard InChI is InChI=1S/C10H19N3O/c1-8(2)13-7-10(6-12-13)9(3)11-4-5-14/h6-9,11,14H,4-5H2,1-3H3. The zero-order chi connectivity index (χ0) is 10.6. The fourth-order valence-electron chi connectivity index (χ4n) is 1.26. The van der Waals surface area contributed by atoms with Crippen LogP contribution in [0.3, 0.4) is 0 Å². The van der Waals surface area contributed by atoms with E-state index in [1.165, 1.54) is 0 Å². The first kappa shape index (κ1) is 11.2. The van der Waals surface area contributed by atoms with Crippen molar-refractivity contribution in [3.05, 3.63) is 18.0 Å². The molecular weight excluding hydrogens is 178 g/mol. The summed E-state index contributed by atoms with van der Waals surface area (Å²) < 4.78 is 1.94. The van der Waals surface area contributed by atoms with E-state index in [9.17, 15) is 0 Å². The maximum Gasteiger partial charge on any atom is 0.0556 e. The third-order valence-corrected chi connectivity index (χ3v) is 2.21. The van der Waals surface area contributed by atoms with Crippen molar-refractivity contribution in [1.29, 1.82) is 0 Å².